The molecule has 1 aromatic rings. The zero-order chi connectivity index (χ0) is 11.4. The molecule has 1 fully saturated rings. The van der Waals surface area contributed by atoms with Crippen LogP contribution in [0, 0.1) is 5.41 Å². The summed E-state index contributed by atoms with van der Waals surface area (Å²) in [5.41, 5.74) is 1.67. The summed E-state index contributed by atoms with van der Waals surface area (Å²) in [4.78, 5) is 17.5. The first-order valence-corrected chi connectivity index (χ1v) is 6.76. The van der Waals surface area contributed by atoms with Gasteiger partial charge in [-0.25, -0.2) is 0 Å². The van der Waals surface area contributed by atoms with Crippen molar-refractivity contribution in [2.45, 2.75) is 32.6 Å². The summed E-state index contributed by atoms with van der Waals surface area (Å²) in [6, 6.07) is 0. The van der Waals surface area contributed by atoms with Gasteiger partial charge in [-0.2, -0.15) is 0 Å². The van der Waals surface area contributed by atoms with Crippen LogP contribution in [0.15, 0.2) is 11.7 Å². The van der Waals surface area contributed by atoms with Gasteiger partial charge >= 0.3 is 0 Å². The Morgan fingerprint density at radius 1 is 1.69 bits per heavy atom. The van der Waals surface area contributed by atoms with E-state index in [0.29, 0.717) is 12.2 Å². The van der Waals surface area contributed by atoms with Crippen LogP contribution in [0.2, 0.25) is 0 Å². The van der Waals surface area contributed by atoms with E-state index in [4.69, 9.17) is 0 Å². The van der Waals surface area contributed by atoms with Gasteiger partial charge in [-0.05, 0) is 25.8 Å². The fourth-order valence-corrected chi connectivity index (χ4v) is 2.97. The average Bonchev–Trinajstić information content (AvgIpc) is 2.82. The highest BCUT2D eigenvalue weighted by molar-refractivity contribution is 7.09. The predicted molar refractivity (Wildman–Crippen MR) is 65.7 cm³/mol. The molecule has 4 heteroatoms. The van der Waals surface area contributed by atoms with Crippen LogP contribution >= 0.6 is 11.3 Å². The Labute approximate surface area is 100 Å². The number of rotatable bonds is 4. The van der Waals surface area contributed by atoms with Crippen molar-refractivity contribution in [2.75, 3.05) is 13.1 Å². The first-order chi connectivity index (χ1) is 7.77. The zero-order valence-corrected chi connectivity index (χ0v) is 10.5. The van der Waals surface area contributed by atoms with Gasteiger partial charge in [-0.3, -0.25) is 9.78 Å². The van der Waals surface area contributed by atoms with E-state index < -0.39 is 0 Å². The summed E-state index contributed by atoms with van der Waals surface area (Å²) in [7, 11) is 0. The normalized spacial score (nSPS) is 25.6. The number of ketones is 1. The first kappa shape index (κ1) is 11.7. The molecule has 0 radical (unpaired) electrons. The molecule has 16 heavy (non-hydrogen) atoms. The number of hydrogen-bond donors (Lipinski definition) is 1. The minimum atomic E-state index is -0.123. The lowest BCUT2D eigenvalue weighted by Gasteiger charge is -2.35. The lowest BCUT2D eigenvalue weighted by atomic mass is 9.74. The molecule has 1 atom stereocenters. The maximum absolute atomic E-state index is 12.4. The molecule has 2 heterocycles. The van der Waals surface area contributed by atoms with Crippen molar-refractivity contribution in [3.8, 4) is 0 Å². The van der Waals surface area contributed by atoms with Crippen molar-refractivity contribution >= 4 is 17.1 Å². The minimum absolute atomic E-state index is 0.123. The van der Waals surface area contributed by atoms with Crippen LogP contribution in [0.1, 0.15) is 31.1 Å². The molecule has 0 aromatic carbocycles. The molecule has 3 nitrogen and oxygen atoms in total. The van der Waals surface area contributed by atoms with Crippen LogP contribution in [-0.4, -0.2) is 23.9 Å². The van der Waals surface area contributed by atoms with Gasteiger partial charge in [0, 0.05) is 29.5 Å². The summed E-state index contributed by atoms with van der Waals surface area (Å²) in [6.45, 7) is 4.02. The molecule has 1 aliphatic heterocycles. The number of carbonyl (C=O) groups excluding carboxylic acids is 1. The van der Waals surface area contributed by atoms with E-state index in [9.17, 15) is 4.79 Å². The van der Waals surface area contributed by atoms with E-state index in [-0.39, 0.29) is 5.41 Å². The highest BCUT2D eigenvalue weighted by atomic mass is 32.1. The molecular weight excluding hydrogens is 220 g/mol. The summed E-state index contributed by atoms with van der Waals surface area (Å²) < 4.78 is 0. The summed E-state index contributed by atoms with van der Waals surface area (Å²) >= 11 is 1.57. The smallest absolute Gasteiger partial charge is 0.145 e. The van der Waals surface area contributed by atoms with Crippen molar-refractivity contribution in [1.82, 2.24) is 10.3 Å². The summed E-state index contributed by atoms with van der Waals surface area (Å²) in [6.07, 6.45) is 5.45. The number of aromatic nitrogens is 1. The van der Waals surface area contributed by atoms with Crippen LogP contribution in [-0.2, 0) is 11.2 Å². The second kappa shape index (κ2) is 5.06. The molecule has 2 rings (SSSR count). The Kier molecular flexibility index (Phi) is 3.71. The molecule has 1 saturated heterocycles. The highest BCUT2D eigenvalue weighted by Crippen LogP contribution is 2.32. The molecule has 0 spiro atoms. The fraction of sp³-hybridized carbons (Fsp3) is 0.667. The molecule has 0 aliphatic carbocycles. The van der Waals surface area contributed by atoms with Crippen LogP contribution in [0.25, 0.3) is 0 Å². The number of thiazole rings is 1. The van der Waals surface area contributed by atoms with Crippen molar-refractivity contribution in [3.05, 3.63) is 16.6 Å². The molecule has 0 amide bonds. The van der Waals surface area contributed by atoms with Gasteiger partial charge in [0.2, 0.25) is 0 Å². The Hall–Kier alpha value is -0.740. The topological polar surface area (TPSA) is 42.0 Å². The van der Waals surface area contributed by atoms with Crippen LogP contribution in [0.5, 0.6) is 0 Å². The Morgan fingerprint density at radius 3 is 3.12 bits per heavy atom. The highest BCUT2D eigenvalue weighted by Gasteiger charge is 2.37. The average molecular weight is 238 g/mol. The zero-order valence-electron chi connectivity index (χ0n) is 9.66. The summed E-state index contributed by atoms with van der Waals surface area (Å²) in [5, 5.41) is 3.35. The van der Waals surface area contributed by atoms with Crippen molar-refractivity contribution < 1.29 is 4.79 Å². The van der Waals surface area contributed by atoms with E-state index in [1.54, 1.807) is 16.8 Å². The molecule has 88 valence electrons. The van der Waals surface area contributed by atoms with E-state index in [1.807, 2.05) is 6.20 Å². The standard InChI is InChI=1S/C12H18N2OS/c1-2-12(4-3-5-13-8-12)11(15)6-10-7-14-9-16-10/h7,9,13H,2-6,8H2,1H3. The van der Waals surface area contributed by atoms with Gasteiger partial charge in [0.15, 0.2) is 0 Å². The molecule has 0 bridgehead atoms. The maximum atomic E-state index is 12.4. The van der Waals surface area contributed by atoms with E-state index in [1.165, 1.54) is 0 Å². The largest absolute Gasteiger partial charge is 0.316 e. The molecule has 0 saturated carbocycles. The number of hydrogen-bond acceptors (Lipinski definition) is 4. The number of piperidine rings is 1. The number of Topliss-reactive ketones (excluding diaryl/α,β-unsaturated/α-hetero) is 1. The lowest BCUT2D eigenvalue weighted by Crippen LogP contribution is -2.45. The monoisotopic (exact) mass is 238 g/mol. The Bertz CT molecular complexity index is 342. The first-order valence-electron chi connectivity index (χ1n) is 5.88. The molecule has 1 aromatic heterocycles. The predicted octanol–water partition coefficient (Wildman–Crippen LogP) is 2.03. The van der Waals surface area contributed by atoms with Gasteiger partial charge in [0.05, 0.1) is 5.51 Å². The van der Waals surface area contributed by atoms with Crippen molar-refractivity contribution in [1.29, 1.82) is 0 Å². The van der Waals surface area contributed by atoms with E-state index >= 15 is 0 Å². The van der Waals surface area contributed by atoms with Crippen LogP contribution in [0.3, 0.4) is 0 Å². The van der Waals surface area contributed by atoms with Gasteiger partial charge in [0.1, 0.15) is 5.78 Å². The van der Waals surface area contributed by atoms with Gasteiger partial charge in [-0.1, -0.05) is 6.92 Å². The minimum Gasteiger partial charge on any atom is -0.316 e. The Morgan fingerprint density at radius 2 is 2.56 bits per heavy atom. The number of nitrogens with one attached hydrogen (secondary N) is 1. The second-order valence-corrected chi connectivity index (χ2v) is 5.45. The third kappa shape index (κ3) is 2.33. The molecule has 1 N–H and O–H groups in total. The fourth-order valence-electron chi connectivity index (χ4n) is 2.38. The van der Waals surface area contributed by atoms with Crippen LogP contribution in [0.4, 0.5) is 0 Å². The van der Waals surface area contributed by atoms with E-state index in [0.717, 1.165) is 37.2 Å². The van der Waals surface area contributed by atoms with Gasteiger partial charge in [0.25, 0.3) is 0 Å². The molecule has 1 aliphatic rings. The maximum Gasteiger partial charge on any atom is 0.145 e. The van der Waals surface area contributed by atoms with E-state index in [2.05, 4.69) is 17.2 Å². The SMILES string of the molecule is CCC1(C(=O)Cc2cncs2)CCCNC1. The Balaban J connectivity index is 2.06. The third-order valence-corrected chi connectivity index (χ3v) is 4.34. The number of nitrogens with zero attached hydrogens (tertiary/aromatic N) is 1. The lowest BCUT2D eigenvalue weighted by molar-refractivity contribution is -0.129. The quantitative estimate of drug-likeness (QED) is 0.872. The second-order valence-electron chi connectivity index (χ2n) is 4.48. The molecular formula is C12H18N2OS. The van der Waals surface area contributed by atoms with Crippen LogP contribution < -0.4 is 5.32 Å². The molecule has 1 unspecified atom stereocenters. The number of carbonyl (C=O) groups is 1. The summed E-state index contributed by atoms with van der Waals surface area (Å²) in [5.74, 6) is 0.381. The third-order valence-electron chi connectivity index (χ3n) is 3.56. The van der Waals surface area contributed by atoms with Gasteiger partial charge < -0.3 is 5.32 Å². The van der Waals surface area contributed by atoms with Crippen molar-refractivity contribution in [2.24, 2.45) is 5.41 Å². The van der Waals surface area contributed by atoms with Crippen molar-refractivity contribution in [3.63, 3.8) is 0 Å². The van der Waals surface area contributed by atoms with Gasteiger partial charge in [-0.15, -0.1) is 11.3 Å².